The number of rotatable bonds is 12. The third-order valence-corrected chi connectivity index (χ3v) is 13.0. The SMILES string of the molecule is C=CSc1c[c-]c(-c2nccc3oc4cc5sc(CC(C)C)c(C)c5cc4c23)cc1C(C)(C)C.CCC(C)(CC)C(=O)/C=C(\O)C(C)(CC)CC.[Ir]. The van der Waals surface area contributed by atoms with Gasteiger partial charge in [0.05, 0.1) is 0 Å². The molecule has 0 bridgehead atoms. The first-order chi connectivity index (χ1) is 24.0. The second-order valence-corrected chi connectivity index (χ2v) is 18.0. The molecule has 0 unspecified atom stereocenters. The van der Waals surface area contributed by atoms with Crippen molar-refractivity contribution in [2.24, 2.45) is 16.7 Å². The summed E-state index contributed by atoms with van der Waals surface area (Å²) < 4.78 is 7.64. The van der Waals surface area contributed by atoms with E-state index in [1.165, 1.54) is 37.1 Å². The number of aromatic nitrogens is 1. The van der Waals surface area contributed by atoms with Crippen LogP contribution >= 0.6 is 23.1 Å². The van der Waals surface area contributed by atoms with Gasteiger partial charge in [0.2, 0.25) is 0 Å². The standard InChI is InChI=1S/C30H30NOS2.C15H28O2.Ir/c1-8-33-25-10-9-19(14-22(25)30(5,6)7)29-28-21-15-20-18(4)26(13-17(2)3)34-27(20)16-24(21)32-23(28)11-12-31-29;1-7-14(5,8-2)12(16)11-13(17)15(6,9-3)10-4;/h8,10-12,14-17H,1,13H2,2-7H3;11,16H,7-10H2,1-6H3;/q-1;;/b;12-11-;. The minimum atomic E-state index is -0.337. The van der Waals surface area contributed by atoms with E-state index in [0.717, 1.165) is 65.3 Å². The zero-order valence-electron chi connectivity index (χ0n) is 33.3. The summed E-state index contributed by atoms with van der Waals surface area (Å²) in [5.74, 6) is 0.926. The number of fused-ring (bicyclic) bond motifs is 4. The zero-order valence-corrected chi connectivity index (χ0v) is 37.3. The Morgan fingerprint density at radius 1 is 1.00 bits per heavy atom. The Kier molecular flexibility index (Phi) is 14.8. The van der Waals surface area contributed by atoms with Crippen LogP contribution in [0.5, 0.6) is 0 Å². The quantitative estimate of drug-likeness (QED) is 0.0585. The van der Waals surface area contributed by atoms with E-state index in [1.807, 2.05) is 70.6 Å². The van der Waals surface area contributed by atoms with Gasteiger partial charge in [-0.2, -0.15) is 11.8 Å². The number of hydrogen-bond donors (Lipinski definition) is 1. The Morgan fingerprint density at radius 3 is 2.19 bits per heavy atom. The maximum atomic E-state index is 12.2. The summed E-state index contributed by atoms with van der Waals surface area (Å²) in [6.07, 6.45) is 7.70. The van der Waals surface area contributed by atoms with Gasteiger partial charge in [-0.15, -0.1) is 40.7 Å². The minimum absolute atomic E-state index is 0. The predicted molar refractivity (Wildman–Crippen MR) is 222 cm³/mol. The van der Waals surface area contributed by atoms with E-state index < -0.39 is 0 Å². The number of carbonyl (C=O) groups excluding carboxylic acids is 1. The number of furan rings is 1. The molecule has 3 aromatic heterocycles. The van der Waals surface area contributed by atoms with Gasteiger partial charge >= 0.3 is 0 Å². The molecule has 0 saturated heterocycles. The fraction of sp³-hybridized carbons (Fsp3) is 0.467. The Morgan fingerprint density at radius 2 is 1.63 bits per heavy atom. The summed E-state index contributed by atoms with van der Waals surface area (Å²) in [4.78, 5) is 19.7. The van der Waals surface area contributed by atoms with Gasteiger partial charge in [0.25, 0.3) is 0 Å². The molecule has 7 heteroatoms. The van der Waals surface area contributed by atoms with Crippen molar-refractivity contribution < 1.29 is 34.4 Å². The van der Waals surface area contributed by atoms with Crippen molar-refractivity contribution in [1.82, 2.24) is 4.98 Å². The minimum Gasteiger partial charge on any atom is -0.512 e. The number of allylic oxidation sites excluding steroid dienone is 2. The molecule has 0 aliphatic rings. The number of nitrogens with zero attached hydrogens (tertiary/aromatic N) is 1. The van der Waals surface area contributed by atoms with Crippen LogP contribution in [0.4, 0.5) is 0 Å². The first-order valence-electron chi connectivity index (χ1n) is 18.5. The predicted octanol–water partition coefficient (Wildman–Crippen LogP) is 14.4. The Bertz CT molecular complexity index is 2050. The first-order valence-corrected chi connectivity index (χ1v) is 20.2. The number of hydrogen-bond acceptors (Lipinski definition) is 6. The fourth-order valence-electron chi connectivity index (χ4n) is 6.33. The number of ketones is 1. The van der Waals surface area contributed by atoms with Gasteiger partial charge in [0.1, 0.15) is 16.9 Å². The molecule has 0 amide bonds. The molecule has 5 aromatic rings. The second kappa shape index (κ2) is 17.6. The maximum absolute atomic E-state index is 12.2. The number of benzene rings is 2. The van der Waals surface area contributed by atoms with Crippen LogP contribution < -0.4 is 0 Å². The van der Waals surface area contributed by atoms with E-state index >= 15 is 0 Å². The van der Waals surface area contributed by atoms with Crippen molar-refractivity contribution in [3.05, 3.63) is 82.4 Å². The van der Waals surface area contributed by atoms with Gasteiger partial charge in [-0.25, -0.2) is 0 Å². The summed E-state index contributed by atoms with van der Waals surface area (Å²) in [6.45, 7) is 29.5. The molecule has 2 aromatic carbocycles. The van der Waals surface area contributed by atoms with E-state index in [1.54, 1.807) is 11.8 Å². The van der Waals surface area contributed by atoms with Crippen molar-refractivity contribution in [2.45, 2.75) is 125 Å². The van der Waals surface area contributed by atoms with Crippen LogP contribution in [-0.2, 0) is 36.7 Å². The van der Waals surface area contributed by atoms with Crippen molar-refractivity contribution >= 4 is 60.9 Å². The molecule has 1 radical (unpaired) electrons. The molecule has 0 aliphatic heterocycles. The molecule has 5 rings (SSSR count). The van der Waals surface area contributed by atoms with Gasteiger partial charge in [0, 0.05) is 63.6 Å². The van der Waals surface area contributed by atoms with Gasteiger partial charge in [-0.3, -0.25) is 4.79 Å². The number of pyridine rings is 1. The summed E-state index contributed by atoms with van der Waals surface area (Å²) in [5.41, 5.74) is 5.76. The molecule has 4 nitrogen and oxygen atoms in total. The third-order valence-electron chi connectivity index (χ3n) is 10.9. The average Bonchev–Trinajstić information content (AvgIpc) is 3.61. The van der Waals surface area contributed by atoms with E-state index in [2.05, 4.69) is 78.5 Å². The average molecular weight is 917 g/mol. The summed E-state index contributed by atoms with van der Waals surface area (Å²) in [5, 5.41) is 15.5. The van der Waals surface area contributed by atoms with Crippen LogP contribution in [0.3, 0.4) is 0 Å². The maximum Gasteiger partial charge on any atom is 0.164 e. The van der Waals surface area contributed by atoms with Crippen LogP contribution in [0.2, 0.25) is 0 Å². The number of aliphatic hydroxyl groups excluding tert-OH is 1. The summed E-state index contributed by atoms with van der Waals surface area (Å²) in [7, 11) is 0. The smallest absolute Gasteiger partial charge is 0.164 e. The number of aliphatic hydroxyl groups is 1. The van der Waals surface area contributed by atoms with Gasteiger partial charge in [-0.05, 0) is 90.6 Å². The van der Waals surface area contributed by atoms with E-state index in [9.17, 15) is 9.90 Å². The number of carbonyl (C=O) groups is 1. The Labute approximate surface area is 334 Å². The number of thiophene rings is 1. The molecule has 283 valence electrons. The fourth-order valence-corrected chi connectivity index (χ4v) is 8.56. The molecule has 1 N–H and O–H groups in total. The molecule has 52 heavy (non-hydrogen) atoms. The third kappa shape index (κ3) is 9.14. The van der Waals surface area contributed by atoms with Crippen molar-refractivity contribution in [2.75, 3.05) is 0 Å². The van der Waals surface area contributed by atoms with Crippen molar-refractivity contribution in [3.8, 4) is 11.3 Å². The van der Waals surface area contributed by atoms with Gasteiger partial charge < -0.3 is 14.5 Å². The van der Waals surface area contributed by atoms with Crippen LogP contribution in [0.15, 0.2) is 69.7 Å². The number of aryl methyl sites for hydroxylation is 1. The van der Waals surface area contributed by atoms with E-state index in [-0.39, 0.29) is 47.9 Å². The molecule has 0 spiro atoms. The molecule has 0 atom stereocenters. The normalized spacial score (nSPS) is 12.7. The Hall–Kier alpha value is -2.70. The monoisotopic (exact) mass is 917 g/mol. The Balaban J connectivity index is 0.000000347. The summed E-state index contributed by atoms with van der Waals surface area (Å²) in [6, 6.07) is 14.3. The first kappa shape index (κ1) is 43.7. The van der Waals surface area contributed by atoms with Crippen molar-refractivity contribution in [1.29, 1.82) is 0 Å². The van der Waals surface area contributed by atoms with E-state index in [0.29, 0.717) is 5.92 Å². The molecule has 3 heterocycles. The van der Waals surface area contributed by atoms with Crippen LogP contribution in [0, 0.1) is 29.7 Å². The topological polar surface area (TPSA) is 63.3 Å². The molecule has 0 aliphatic carbocycles. The summed E-state index contributed by atoms with van der Waals surface area (Å²) >= 11 is 3.54. The van der Waals surface area contributed by atoms with Crippen LogP contribution in [-0.4, -0.2) is 15.9 Å². The second-order valence-electron chi connectivity index (χ2n) is 15.8. The van der Waals surface area contributed by atoms with Gasteiger partial charge in [0.15, 0.2) is 5.78 Å². The molecular formula is C45H58IrNO3S2-. The van der Waals surface area contributed by atoms with E-state index in [4.69, 9.17) is 9.40 Å². The molecule has 0 saturated carbocycles. The molecular weight excluding hydrogens is 859 g/mol. The molecule has 0 fully saturated rings. The number of thioether (sulfide) groups is 1. The van der Waals surface area contributed by atoms with Crippen LogP contribution in [0.25, 0.3) is 43.3 Å². The van der Waals surface area contributed by atoms with Gasteiger partial charge in [-0.1, -0.05) is 87.6 Å². The van der Waals surface area contributed by atoms with Crippen molar-refractivity contribution in [3.63, 3.8) is 0 Å². The largest absolute Gasteiger partial charge is 0.512 e. The van der Waals surface area contributed by atoms with Crippen LogP contribution in [0.1, 0.15) is 118 Å². The zero-order chi connectivity index (χ0) is 37.9.